The van der Waals surface area contributed by atoms with E-state index in [2.05, 4.69) is 15.3 Å². The molecule has 3 aliphatic rings. The Bertz CT molecular complexity index is 1100. The van der Waals surface area contributed by atoms with Gasteiger partial charge in [-0.15, -0.1) is 0 Å². The standard InChI is InChI=1S/C23H28F2N6O2/c1-5-15-12(2)16(19(26)32)6-7-18(15)28-22-27-9-17(24)20(29-22)30-10-13-8-14(11-30)31(13)21(33)23(3,4)25/h6-7,9,13-14H,5,8,10-11H2,1-4H3,(H2,26,32)(H,27,28,29). The molecule has 8 nitrogen and oxygen atoms in total. The maximum atomic E-state index is 14.6. The van der Waals surface area contributed by atoms with Gasteiger partial charge in [0.25, 0.3) is 5.91 Å². The molecule has 2 bridgehead atoms. The molecule has 10 heteroatoms. The Morgan fingerprint density at radius 3 is 2.52 bits per heavy atom. The number of fused-ring (bicyclic) bond motifs is 2. The van der Waals surface area contributed by atoms with Crippen LogP contribution in [0, 0.1) is 12.7 Å². The second-order valence-corrected chi connectivity index (χ2v) is 9.11. The normalized spacial score (nSPS) is 19.8. The number of hydrogen-bond acceptors (Lipinski definition) is 6. The fourth-order valence-electron chi connectivity index (χ4n) is 4.78. The maximum absolute atomic E-state index is 14.6. The van der Waals surface area contributed by atoms with Crippen molar-refractivity contribution in [2.75, 3.05) is 23.3 Å². The summed E-state index contributed by atoms with van der Waals surface area (Å²) in [6.45, 7) is 7.04. The number of carbonyl (C=O) groups excluding carboxylic acids is 2. The third kappa shape index (κ3) is 4.09. The number of rotatable bonds is 6. The summed E-state index contributed by atoms with van der Waals surface area (Å²) >= 11 is 0. The molecule has 3 saturated heterocycles. The van der Waals surface area contributed by atoms with Crippen LogP contribution in [-0.2, 0) is 11.2 Å². The zero-order valence-electron chi connectivity index (χ0n) is 19.2. The molecule has 2 aromatic rings. The first-order valence-corrected chi connectivity index (χ1v) is 11.0. The quantitative estimate of drug-likeness (QED) is 0.690. The van der Waals surface area contributed by atoms with E-state index in [4.69, 9.17) is 5.73 Å². The lowest BCUT2D eigenvalue weighted by molar-refractivity contribution is -0.157. The van der Waals surface area contributed by atoms with Crippen LogP contribution in [0.5, 0.6) is 0 Å². The Hall–Kier alpha value is -3.30. The highest BCUT2D eigenvalue weighted by molar-refractivity contribution is 5.95. The number of nitrogens with zero attached hydrogens (tertiary/aromatic N) is 4. The highest BCUT2D eigenvalue weighted by Crippen LogP contribution is 2.37. The average molecular weight is 459 g/mol. The second-order valence-electron chi connectivity index (χ2n) is 9.11. The summed E-state index contributed by atoms with van der Waals surface area (Å²) in [7, 11) is 0. The maximum Gasteiger partial charge on any atom is 0.260 e. The predicted molar refractivity (Wildman–Crippen MR) is 121 cm³/mol. The highest BCUT2D eigenvalue weighted by atomic mass is 19.1. The first-order chi connectivity index (χ1) is 15.5. The van der Waals surface area contributed by atoms with E-state index < -0.39 is 23.3 Å². The minimum Gasteiger partial charge on any atom is -0.366 e. The monoisotopic (exact) mass is 458 g/mol. The Morgan fingerprint density at radius 1 is 1.27 bits per heavy atom. The van der Waals surface area contributed by atoms with Gasteiger partial charge in [0.2, 0.25) is 11.9 Å². The van der Waals surface area contributed by atoms with Gasteiger partial charge in [-0.2, -0.15) is 4.98 Å². The van der Waals surface area contributed by atoms with Crippen molar-refractivity contribution in [1.29, 1.82) is 0 Å². The van der Waals surface area contributed by atoms with Crippen LogP contribution in [0.2, 0.25) is 0 Å². The lowest BCUT2D eigenvalue weighted by Gasteiger charge is -2.57. The number of alkyl halides is 1. The van der Waals surface area contributed by atoms with Crippen LogP contribution in [0.15, 0.2) is 18.3 Å². The van der Waals surface area contributed by atoms with Crippen molar-refractivity contribution in [3.8, 4) is 0 Å². The molecule has 2 unspecified atom stereocenters. The number of anilines is 3. The molecule has 0 saturated carbocycles. The van der Waals surface area contributed by atoms with Gasteiger partial charge in [-0.05, 0) is 56.9 Å². The summed E-state index contributed by atoms with van der Waals surface area (Å²) in [5, 5.41) is 3.12. The molecule has 2 atom stereocenters. The minimum absolute atomic E-state index is 0.136. The van der Waals surface area contributed by atoms with Crippen LogP contribution in [0.3, 0.4) is 0 Å². The minimum atomic E-state index is -1.93. The number of hydrogen-bond donors (Lipinski definition) is 2. The van der Waals surface area contributed by atoms with Crippen molar-refractivity contribution < 1.29 is 18.4 Å². The van der Waals surface area contributed by atoms with E-state index in [0.29, 0.717) is 30.8 Å². The summed E-state index contributed by atoms with van der Waals surface area (Å²) in [5.41, 5.74) is 6.33. The van der Waals surface area contributed by atoms with Crippen LogP contribution in [0.25, 0.3) is 0 Å². The van der Waals surface area contributed by atoms with Crippen LogP contribution in [0.4, 0.5) is 26.2 Å². The van der Waals surface area contributed by atoms with E-state index in [-0.39, 0.29) is 23.8 Å². The summed E-state index contributed by atoms with van der Waals surface area (Å²) in [4.78, 5) is 35.8. The molecule has 4 heterocycles. The number of piperazine rings is 1. The first-order valence-electron chi connectivity index (χ1n) is 11.0. The van der Waals surface area contributed by atoms with Gasteiger partial charge in [0.1, 0.15) is 0 Å². The molecule has 3 N–H and O–H groups in total. The first kappa shape index (κ1) is 22.9. The second kappa shape index (κ2) is 8.24. The molecule has 0 aliphatic carbocycles. The van der Waals surface area contributed by atoms with Gasteiger partial charge in [-0.1, -0.05) is 6.92 Å². The van der Waals surface area contributed by atoms with Crippen molar-refractivity contribution in [3.05, 3.63) is 40.8 Å². The number of benzene rings is 1. The van der Waals surface area contributed by atoms with Crippen molar-refractivity contribution in [3.63, 3.8) is 0 Å². The van der Waals surface area contributed by atoms with Gasteiger partial charge in [0.05, 0.1) is 18.3 Å². The third-order valence-electron chi connectivity index (χ3n) is 6.43. The Balaban J connectivity index is 1.55. The fourth-order valence-corrected chi connectivity index (χ4v) is 4.78. The average Bonchev–Trinajstić information content (AvgIpc) is 2.74. The van der Waals surface area contributed by atoms with Crippen LogP contribution in [-0.4, -0.2) is 57.5 Å². The number of primary amides is 1. The number of halogens is 2. The summed E-state index contributed by atoms with van der Waals surface area (Å²) in [5.74, 6) is -1.25. The SMILES string of the molecule is CCc1c(Nc2ncc(F)c(N3CC4CC(C3)N4C(=O)C(C)(C)F)n2)ccc(C(N)=O)c1C. The number of nitrogens with two attached hydrogens (primary N) is 1. The molecule has 0 radical (unpaired) electrons. The van der Waals surface area contributed by atoms with Crippen LogP contribution >= 0.6 is 0 Å². The molecule has 3 aliphatic heterocycles. The molecule has 3 fully saturated rings. The molecule has 2 amide bonds. The fraction of sp³-hybridized carbons (Fsp3) is 0.478. The van der Waals surface area contributed by atoms with E-state index in [9.17, 15) is 18.4 Å². The summed E-state index contributed by atoms with van der Waals surface area (Å²) < 4.78 is 28.8. The molecular formula is C23H28F2N6O2. The number of amides is 2. The van der Waals surface area contributed by atoms with E-state index in [1.807, 2.05) is 13.8 Å². The van der Waals surface area contributed by atoms with Gasteiger partial charge in [0.15, 0.2) is 17.3 Å². The van der Waals surface area contributed by atoms with Gasteiger partial charge >= 0.3 is 0 Å². The lowest BCUT2D eigenvalue weighted by atomic mass is 9.85. The predicted octanol–water partition coefficient (Wildman–Crippen LogP) is 2.87. The van der Waals surface area contributed by atoms with Gasteiger partial charge < -0.3 is 20.9 Å². The Kier molecular flexibility index (Phi) is 5.71. The molecule has 5 rings (SSSR count). The number of aromatic nitrogens is 2. The van der Waals surface area contributed by atoms with E-state index in [1.54, 1.807) is 21.9 Å². The Labute approximate surface area is 191 Å². The molecule has 1 aromatic heterocycles. The molecule has 176 valence electrons. The third-order valence-corrected chi connectivity index (χ3v) is 6.43. The van der Waals surface area contributed by atoms with Crippen LogP contribution < -0.4 is 16.0 Å². The van der Waals surface area contributed by atoms with E-state index >= 15 is 0 Å². The topological polar surface area (TPSA) is 104 Å². The van der Waals surface area contributed by atoms with Gasteiger partial charge in [-0.25, -0.2) is 13.8 Å². The van der Waals surface area contributed by atoms with Crippen molar-refractivity contribution in [1.82, 2.24) is 14.9 Å². The highest BCUT2D eigenvalue weighted by Gasteiger charge is 2.51. The number of piperidine rings is 1. The van der Waals surface area contributed by atoms with Crippen molar-refractivity contribution in [2.24, 2.45) is 5.73 Å². The summed E-state index contributed by atoms with van der Waals surface area (Å²) in [6.07, 6.45) is 2.52. The van der Waals surface area contributed by atoms with Crippen molar-refractivity contribution in [2.45, 2.75) is 58.3 Å². The molecular weight excluding hydrogens is 430 g/mol. The summed E-state index contributed by atoms with van der Waals surface area (Å²) in [6, 6.07) is 3.02. The number of carbonyl (C=O) groups is 2. The van der Waals surface area contributed by atoms with Crippen molar-refractivity contribution >= 4 is 29.3 Å². The van der Waals surface area contributed by atoms with Gasteiger partial charge in [0, 0.05) is 24.3 Å². The van der Waals surface area contributed by atoms with E-state index in [1.165, 1.54) is 13.8 Å². The smallest absolute Gasteiger partial charge is 0.260 e. The zero-order chi connectivity index (χ0) is 24.1. The Morgan fingerprint density at radius 2 is 1.94 bits per heavy atom. The zero-order valence-corrected chi connectivity index (χ0v) is 19.2. The molecule has 0 spiro atoms. The largest absolute Gasteiger partial charge is 0.366 e. The van der Waals surface area contributed by atoms with Gasteiger partial charge in [-0.3, -0.25) is 9.59 Å². The van der Waals surface area contributed by atoms with E-state index in [0.717, 1.165) is 23.7 Å². The lowest BCUT2D eigenvalue weighted by Crippen LogP contribution is -2.72. The van der Waals surface area contributed by atoms with Crippen LogP contribution in [0.1, 0.15) is 48.7 Å². The number of nitrogens with one attached hydrogen (secondary N) is 1. The molecule has 1 aromatic carbocycles. The molecule has 33 heavy (non-hydrogen) atoms.